The number of carbonyl (C=O) groups excluding carboxylic acids is 1. The van der Waals surface area contributed by atoms with Crippen LogP contribution in [0.2, 0.25) is 10.0 Å². The molecule has 0 atom stereocenters. The number of amides is 1. The minimum Gasteiger partial charge on any atom is -0.322 e. The van der Waals surface area contributed by atoms with Gasteiger partial charge in [-0.2, -0.15) is 4.39 Å². The van der Waals surface area contributed by atoms with Crippen LogP contribution in [0, 0.1) is 5.95 Å². The Bertz CT molecular complexity index is 877. The van der Waals surface area contributed by atoms with Gasteiger partial charge in [-0.3, -0.25) is 4.79 Å². The maximum atomic E-state index is 13.8. The second kappa shape index (κ2) is 5.55. The number of aryl methyl sites for hydroxylation is 1. The fourth-order valence-electron chi connectivity index (χ4n) is 2.03. The van der Waals surface area contributed by atoms with E-state index < -0.39 is 11.9 Å². The lowest BCUT2D eigenvalue weighted by molar-refractivity contribution is 0.102. The number of anilines is 1. The van der Waals surface area contributed by atoms with Crippen molar-refractivity contribution in [2.75, 3.05) is 5.32 Å². The highest BCUT2D eigenvalue weighted by Crippen LogP contribution is 2.28. The second-order valence-electron chi connectivity index (χ2n) is 4.56. The average molecular weight is 339 g/mol. The molecule has 2 heterocycles. The average Bonchev–Trinajstić information content (AvgIpc) is 2.77. The van der Waals surface area contributed by atoms with Gasteiger partial charge in [0.1, 0.15) is 0 Å². The van der Waals surface area contributed by atoms with Gasteiger partial charge in [0.05, 0.1) is 16.0 Å². The van der Waals surface area contributed by atoms with Crippen LogP contribution >= 0.6 is 23.2 Å². The Kier molecular flexibility index (Phi) is 3.72. The topological polar surface area (TPSA) is 59.8 Å². The number of fused-ring (bicyclic) bond motifs is 1. The number of aromatic nitrogens is 3. The molecule has 2 aromatic heterocycles. The van der Waals surface area contributed by atoms with Crippen LogP contribution in [0.3, 0.4) is 0 Å². The first-order valence-corrected chi connectivity index (χ1v) is 6.96. The van der Waals surface area contributed by atoms with Crippen LogP contribution in [-0.4, -0.2) is 20.7 Å². The first-order valence-electron chi connectivity index (χ1n) is 6.21. The van der Waals surface area contributed by atoms with E-state index in [1.54, 1.807) is 31.3 Å². The maximum Gasteiger partial charge on any atom is 0.258 e. The van der Waals surface area contributed by atoms with E-state index >= 15 is 0 Å². The van der Waals surface area contributed by atoms with Crippen LogP contribution in [0.15, 0.2) is 30.5 Å². The van der Waals surface area contributed by atoms with Crippen LogP contribution in [0.25, 0.3) is 11.0 Å². The van der Waals surface area contributed by atoms with Crippen LogP contribution in [0.5, 0.6) is 0 Å². The second-order valence-corrected chi connectivity index (χ2v) is 5.37. The highest BCUT2D eigenvalue weighted by atomic mass is 35.5. The molecule has 0 spiro atoms. The van der Waals surface area contributed by atoms with Gasteiger partial charge in [0.2, 0.25) is 5.95 Å². The number of rotatable bonds is 2. The summed E-state index contributed by atoms with van der Waals surface area (Å²) in [5, 5.41) is 6.80. The van der Waals surface area contributed by atoms with Crippen molar-refractivity contribution in [1.82, 2.24) is 14.8 Å². The van der Waals surface area contributed by atoms with Crippen LogP contribution in [0.4, 0.5) is 10.1 Å². The van der Waals surface area contributed by atoms with Gasteiger partial charge in [-0.1, -0.05) is 23.2 Å². The van der Waals surface area contributed by atoms with Crippen molar-refractivity contribution in [3.05, 3.63) is 52.0 Å². The van der Waals surface area contributed by atoms with E-state index in [9.17, 15) is 9.18 Å². The van der Waals surface area contributed by atoms with Crippen LogP contribution in [-0.2, 0) is 7.05 Å². The van der Waals surface area contributed by atoms with Crippen molar-refractivity contribution in [2.24, 2.45) is 7.05 Å². The molecule has 5 nitrogen and oxygen atoms in total. The summed E-state index contributed by atoms with van der Waals surface area (Å²) in [4.78, 5) is 16.3. The first-order chi connectivity index (χ1) is 10.5. The Hall–Kier alpha value is -2.18. The summed E-state index contributed by atoms with van der Waals surface area (Å²) in [6.07, 6.45) is 1.29. The lowest BCUT2D eigenvalue weighted by atomic mass is 10.2. The number of hydrogen-bond donors (Lipinski definition) is 1. The molecule has 0 saturated carbocycles. The molecular weight excluding hydrogens is 330 g/mol. The predicted molar refractivity (Wildman–Crippen MR) is 82.9 cm³/mol. The molecule has 3 aromatic rings. The van der Waals surface area contributed by atoms with E-state index in [1.807, 2.05) is 0 Å². The van der Waals surface area contributed by atoms with E-state index in [-0.39, 0.29) is 21.6 Å². The predicted octanol–water partition coefficient (Wildman–Crippen LogP) is 3.67. The van der Waals surface area contributed by atoms with Crippen molar-refractivity contribution in [2.45, 2.75) is 0 Å². The van der Waals surface area contributed by atoms with E-state index in [0.717, 1.165) is 0 Å². The van der Waals surface area contributed by atoms with E-state index in [1.165, 1.54) is 10.9 Å². The molecule has 0 unspecified atom stereocenters. The van der Waals surface area contributed by atoms with Gasteiger partial charge in [-0.25, -0.2) is 9.67 Å². The lowest BCUT2D eigenvalue weighted by Crippen LogP contribution is -2.13. The van der Waals surface area contributed by atoms with Crippen molar-refractivity contribution >= 4 is 45.8 Å². The number of nitrogens with zero attached hydrogens (tertiary/aromatic N) is 3. The number of halogens is 3. The monoisotopic (exact) mass is 338 g/mol. The van der Waals surface area contributed by atoms with Gasteiger partial charge >= 0.3 is 0 Å². The molecule has 0 aliphatic carbocycles. The highest BCUT2D eigenvalue weighted by molar-refractivity contribution is 6.38. The zero-order chi connectivity index (χ0) is 15.9. The molecule has 8 heteroatoms. The fourth-order valence-corrected chi connectivity index (χ4v) is 2.45. The zero-order valence-corrected chi connectivity index (χ0v) is 12.8. The SMILES string of the molecule is Cn1nc(F)c2c(Cl)c(C(=O)Nc3ccc(Cl)cc3)cnc21. The molecule has 1 aromatic carbocycles. The summed E-state index contributed by atoms with van der Waals surface area (Å²) in [7, 11) is 1.54. The van der Waals surface area contributed by atoms with Crippen molar-refractivity contribution in [3.63, 3.8) is 0 Å². The third kappa shape index (κ3) is 2.51. The smallest absolute Gasteiger partial charge is 0.258 e. The molecule has 0 aliphatic rings. The Balaban J connectivity index is 1.99. The molecule has 112 valence electrons. The van der Waals surface area contributed by atoms with Crippen molar-refractivity contribution in [1.29, 1.82) is 0 Å². The molecule has 1 N–H and O–H groups in total. The molecule has 22 heavy (non-hydrogen) atoms. The third-order valence-electron chi connectivity index (χ3n) is 3.09. The van der Waals surface area contributed by atoms with Gasteiger partial charge in [-0.15, -0.1) is 5.10 Å². The molecule has 0 bridgehead atoms. The van der Waals surface area contributed by atoms with Gasteiger partial charge in [-0.05, 0) is 24.3 Å². The minimum atomic E-state index is -0.767. The standard InChI is InChI=1S/C14H9Cl2FN4O/c1-21-13-10(12(17)20-21)11(16)9(6-18-13)14(22)19-8-4-2-7(15)3-5-8/h2-6H,1H3,(H,19,22). The van der Waals surface area contributed by atoms with Gasteiger partial charge < -0.3 is 5.32 Å². The molecule has 0 radical (unpaired) electrons. The lowest BCUT2D eigenvalue weighted by Gasteiger charge is -2.07. The normalized spacial score (nSPS) is 10.9. The van der Waals surface area contributed by atoms with Crippen molar-refractivity contribution in [3.8, 4) is 0 Å². The van der Waals surface area contributed by atoms with Crippen molar-refractivity contribution < 1.29 is 9.18 Å². The highest BCUT2D eigenvalue weighted by Gasteiger charge is 2.20. The third-order valence-corrected chi connectivity index (χ3v) is 3.74. The molecule has 0 saturated heterocycles. The number of nitrogens with one attached hydrogen (secondary N) is 1. The molecular formula is C14H9Cl2FN4O. The first kappa shape index (κ1) is 14.7. The van der Waals surface area contributed by atoms with E-state index in [0.29, 0.717) is 10.7 Å². The maximum absolute atomic E-state index is 13.8. The summed E-state index contributed by atoms with van der Waals surface area (Å²) in [6.45, 7) is 0. The molecule has 3 rings (SSSR count). The van der Waals surface area contributed by atoms with Gasteiger partial charge in [0, 0.05) is 24.0 Å². The number of benzene rings is 1. The Morgan fingerprint density at radius 2 is 1.95 bits per heavy atom. The zero-order valence-electron chi connectivity index (χ0n) is 11.3. The van der Waals surface area contributed by atoms with Crippen LogP contribution < -0.4 is 5.32 Å². The summed E-state index contributed by atoms with van der Waals surface area (Å²) in [5.74, 6) is -1.26. The number of pyridine rings is 1. The molecule has 1 amide bonds. The quantitative estimate of drug-likeness (QED) is 0.775. The largest absolute Gasteiger partial charge is 0.322 e. The summed E-state index contributed by atoms with van der Waals surface area (Å²) >= 11 is 11.9. The van der Waals surface area contributed by atoms with Gasteiger partial charge in [0.25, 0.3) is 5.91 Å². The number of carbonyl (C=O) groups is 1. The number of hydrogen-bond acceptors (Lipinski definition) is 3. The summed E-state index contributed by atoms with van der Waals surface area (Å²) in [5.41, 5.74) is 0.874. The summed E-state index contributed by atoms with van der Waals surface area (Å²) < 4.78 is 15.0. The fraction of sp³-hybridized carbons (Fsp3) is 0.0714. The Morgan fingerprint density at radius 1 is 1.27 bits per heavy atom. The van der Waals surface area contributed by atoms with E-state index in [2.05, 4.69) is 15.4 Å². The molecule has 0 fully saturated rings. The molecule has 0 aliphatic heterocycles. The Morgan fingerprint density at radius 3 is 2.64 bits per heavy atom. The minimum absolute atomic E-state index is 0.0212. The van der Waals surface area contributed by atoms with Crippen LogP contribution in [0.1, 0.15) is 10.4 Å². The summed E-state index contributed by atoms with van der Waals surface area (Å²) in [6, 6.07) is 6.57. The van der Waals surface area contributed by atoms with Gasteiger partial charge in [0.15, 0.2) is 5.65 Å². The van der Waals surface area contributed by atoms with E-state index in [4.69, 9.17) is 23.2 Å². The Labute approximate surface area is 134 Å².